The number of nitrogens with one attached hydrogen (secondary N) is 1. The molecule has 1 atom stereocenters. The van der Waals surface area contributed by atoms with Crippen molar-refractivity contribution < 1.29 is 0 Å². The Balaban J connectivity index is 2.74. The minimum absolute atomic E-state index is 0.123. The van der Waals surface area contributed by atoms with Crippen molar-refractivity contribution in [2.75, 3.05) is 5.73 Å². The van der Waals surface area contributed by atoms with E-state index >= 15 is 0 Å². The minimum Gasteiger partial charge on any atom is -0.369 e. The van der Waals surface area contributed by atoms with Crippen LogP contribution in [0.25, 0.3) is 11.2 Å². The Kier molecular flexibility index (Phi) is 2.18. The summed E-state index contributed by atoms with van der Waals surface area (Å²) in [4.78, 5) is 22.0. The topological polar surface area (TPSA) is 89.6 Å². The van der Waals surface area contributed by atoms with Gasteiger partial charge in [0, 0.05) is 6.04 Å². The maximum atomic E-state index is 11.5. The first-order valence-electron chi connectivity index (χ1n) is 4.85. The Morgan fingerprint density at radius 3 is 3.07 bits per heavy atom. The van der Waals surface area contributed by atoms with Gasteiger partial charge in [0.25, 0.3) is 5.56 Å². The highest BCUT2D eigenvalue weighted by atomic mass is 16.1. The number of aromatic nitrogens is 4. The number of H-pyrrole nitrogens is 1. The number of anilines is 1. The summed E-state index contributed by atoms with van der Waals surface area (Å²) < 4.78 is 1.86. The van der Waals surface area contributed by atoms with Crippen molar-refractivity contribution in [1.29, 1.82) is 0 Å². The summed E-state index contributed by atoms with van der Waals surface area (Å²) in [5, 5.41) is 0. The number of nitrogens with two attached hydrogens (primary N) is 1. The van der Waals surface area contributed by atoms with Crippen LogP contribution in [0.5, 0.6) is 0 Å². The highest BCUT2D eigenvalue weighted by molar-refractivity contribution is 5.70. The highest BCUT2D eigenvalue weighted by Crippen LogP contribution is 2.15. The predicted molar refractivity (Wildman–Crippen MR) is 57.6 cm³/mol. The lowest BCUT2D eigenvalue weighted by atomic mass is 10.2. The van der Waals surface area contributed by atoms with Gasteiger partial charge in [-0.15, -0.1) is 0 Å². The number of nitrogen functional groups attached to an aromatic ring is 1. The van der Waals surface area contributed by atoms with E-state index in [2.05, 4.69) is 21.9 Å². The Bertz CT molecular complexity index is 541. The van der Waals surface area contributed by atoms with Crippen LogP contribution in [0.4, 0.5) is 5.95 Å². The fraction of sp³-hybridized carbons (Fsp3) is 0.444. The van der Waals surface area contributed by atoms with Crippen LogP contribution in [0.3, 0.4) is 0 Å². The van der Waals surface area contributed by atoms with Crippen LogP contribution in [0.2, 0.25) is 0 Å². The average molecular weight is 207 g/mol. The lowest BCUT2D eigenvalue weighted by Crippen LogP contribution is -2.13. The lowest BCUT2D eigenvalue weighted by molar-refractivity contribution is 0.541. The molecule has 3 N–H and O–H groups in total. The van der Waals surface area contributed by atoms with Gasteiger partial charge < -0.3 is 10.3 Å². The van der Waals surface area contributed by atoms with E-state index in [9.17, 15) is 4.79 Å². The van der Waals surface area contributed by atoms with E-state index in [0.717, 1.165) is 6.42 Å². The van der Waals surface area contributed by atoms with Gasteiger partial charge >= 0.3 is 0 Å². The molecule has 15 heavy (non-hydrogen) atoms. The minimum atomic E-state index is -0.292. The first-order chi connectivity index (χ1) is 7.13. The van der Waals surface area contributed by atoms with Crippen molar-refractivity contribution in [2.45, 2.75) is 26.3 Å². The molecule has 0 saturated heterocycles. The third-order valence-electron chi connectivity index (χ3n) is 2.52. The molecular weight excluding hydrogens is 194 g/mol. The van der Waals surface area contributed by atoms with Gasteiger partial charge in [0.1, 0.15) is 0 Å². The van der Waals surface area contributed by atoms with Crippen LogP contribution in [0, 0.1) is 0 Å². The monoisotopic (exact) mass is 207 g/mol. The summed E-state index contributed by atoms with van der Waals surface area (Å²) in [6.45, 7) is 4.10. The zero-order chi connectivity index (χ0) is 11.0. The van der Waals surface area contributed by atoms with E-state index in [1.807, 2.05) is 11.5 Å². The van der Waals surface area contributed by atoms with Crippen LogP contribution >= 0.6 is 0 Å². The molecule has 6 heteroatoms. The van der Waals surface area contributed by atoms with E-state index in [1.54, 1.807) is 6.33 Å². The summed E-state index contributed by atoms with van der Waals surface area (Å²) in [5.41, 5.74) is 6.08. The molecule has 0 aliphatic rings. The second-order valence-electron chi connectivity index (χ2n) is 3.53. The van der Waals surface area contributed by atoms with Gasteiger partial charge in [-0.05, 0) is 13.3 Å². The van der Waals surface area contributed by atoms with Crippen molar-refractivity contribution in [2.24, 2.45) is 0 Å². The molecule has 6 nitrogen and oxygen atoms in total. The summed E-state index contributed by atoms with van der Waals surface area (Å²) in [6, 6.07) is 0.253. The Morgan fingerprint density at radius 2 is 2.40 bits per heavy atom. The second-order valence-corrected chi connectivity index (χ2v) is 3.53. The number of nitrogens with zero attached hydrogens (tertiary/aromatic N) is 3. The van der Waals surface area contributed by atoms with Crippen molar-refractivity contribution in [3.8, 4) is 0 Å². The van der Waals surface area contributed by atoms with Crippen molar-refractivity contribution in [3.05, 3.63) is 16.7 Å². The van der Waals surface area contributed by atoms with Crippen molar-refractivity contribution in [1.82, 2.24) is 19.5 Å². The fourth-order valence-corrected chi connectivity index (χ4v) is 1.46. The molecule has 0 amide bonds. The molecule has 0 fully saturated rings. The molecule has 0 saturated carbocycles. The molecular formula is C9H13N5O. The van der Waals surface area contributed by atoms with E-state index in [1.165, 1.54) is 0 Å². The predicted octanol–water partition coefficient (Wildman–Crippen LogP) is 0.673. The smallest absolute Gasteiger partial charge is 0.280 e. The van der Waals surface area contributed by atoms with Crippen molar-refractivity contribution in [3.63, 3.8) is 0 Å². The molecule has 1 unspecified atom stereocenters. The van der Waals surface area contributed by atoms with Crippen molar-refractivity contribution >= 4 is 17.1 Å². The molecule has 2 aromatic heterocycles. The van der Waals surface area contributed by atoms with Crippen LogP contribution in [0.15, 0.2) is 11.1 Å². The van der Waals surface area contributed by atoms with Crippen LogP contribution in [0.1, 0.15) is 26.3 Å². The Hall–Kier alpha value is -1.85. The van der Waals surface area contributed by atoms with E-state index in [-0.39, 0.29) is 17.5 Å². The molecule has 2 rings (SSSR count). The number of imidazole rings is 1. The summed E-state index contributed by atoms with van der Waals surface area (Å²) in [7, 11) is 0. The third kappa shape index (κ3) is 1.47. The quantitative estimate of drug-likeness (QED) is 0.757. The molecule has 2 aromatic rings. The maximum Gasteiger partial charge on any atom is 0.280 e. The zero-order valence-electron chi connectivity index (χ0n) is 8.69. The molecule has 0 aromatic carbocycles. The molecule has 0 radical (unpaired) electrons. The number of fused-ring (bicyclic) bond motifs is 1. The average Bonchev–Trinajstić information content (AvgIpc) is 2.60. The van der Waals surface area contributed by atoms with Gasteiger partial charge in [0.2, 0.25) is 5.95 Å². The number of hydrogen-bond donors (Lipinski definition) is 2. The van der Waals surface area contributed by atoms with Gasteiger partial charge in [-0.1, -0.05) is 6.92 Å². The first kappa shape index (κ1) is 9.70. The fourth-order valence-electron chi connectivity index (χ4n) is 1.46. The lowest BCUT2D eigenvalue weighted by Gasteiger charge is -2.10. The second kappa shape index (κ2) is 3.38. The van der Waals surface area contributed by atoms with Gasteiger partial charge in [0.15, 0.2) is 11.2 Å². The van der Waals surface area contributed by atoms with Gasteiger partial charge in [-0.2, -0.15) is 4.98 Å². The Morgan fingerprint density at radius 1 is 1.67 bits per heavy atom. The molecule has 0 aliphatic heterocycles. The summed E-state index contributed by atoms with van der Waals surface area (Å²) in [5.74, 6) is 0.123. The standard InChI is InChI=1S/C9H13N5O/c1-3-5(2)14-4-11-6-7(14)12-9(10)13-8(6)15/h4-5H,3H2,1-2H3,(H3,10,12,13,15). The normalized spacial score (nSPS) is 13.2. The largest absolute Gasteiger partial charge is 0.369 e. The maximum absolute atomic E-state index is 11.5. The molecule has 0 bridgehead atoms. The van der Waals surface area contributed by atoms with Crippen LogP contribution < -0.4 is 11.3 Å². The zero-order valence-corrected chi connectivity index (χ0v) is 8.69. The van der Waals surface area contributed by atoms with Crippen LogP contribution in [-0.4, -0.2) is 19.5 Å². The van der Waals surface area contributed by atoms with Crippen LogP contribution in [-0.2, 0) is 0 Å². The summed E-state index contributed by atoms with van der Waals surface area (Å²) >= 11 is 0. The highest BCUT2D eigenvalue weighted by Gasteiger charge is 2.11. The molecule has 0 aliphatic carbocycles. The van der Waals surface area contributed by atoms with Gasteiger partial charge in [0.05, 0.1) is 6.33 Å². The molecule has 2 heterocycles. The Labute approximate surface area is 86.2 Å². The van der Waals surface area contributed by atoms with E-state index in [4.69, 9.17) is 5.73 Å². The first-order valence-corrected chi connectivity index (χ1v) is 4.85. The number of aromatic amines is 1. The SMILES string of the molecule is CCC(C)n1cnc2c(=O)[nH]c(N)nc21. The molecule has 0 spiro atoms. The summed E-state index contributed by atoms with van der Waals surface area (Å²) in [6.07, 6.45) is 2.57. The molecule has 80 valence electrons. The number of rotatable bonds is 2. The van der Waals surface area contributed by atoms with E-state index in [0.29, 0.717) is 11.2 Å². The van der Waals surface area contributed by atoms with Gasteiger partial charge in [-0.3, -0.25) is 9.78 Å². The number of hydrogen-bond acceptors (Lipinski definition) is 4. The van der Waals surface area contributed by atoms with Gasteiger partial charge in [-0.25, -0.2) is 4.98 Å². The third-order valence-corrected chi connectivity index (χ3v) is 2.52. The van der Waals surface area contributed by atoms with E-state index < -0.39 is 0 Å².